The van der Waals surface area contributed by atoms with Crippen molar-refractivity contribution in [2.45, 2.75) is 58.5 Å². The number of rotatable bonds is 6. The van der Waals surface area contributed by atoms with Gasteiger partial charge in [-0.05, 0) is 40.5 Å². The van der Waals surface area contributed by atoms with Gasteiger partial charge in [-0.1, -0.05) is 6.08 Å². The SMILES string of the molecule is C=CCN(C(=O)CCCC(C)N)C(C)(C)C. The maximum absolute atomic E-state index is 12.0. The molecule has 0 fully saturated rings. The molecule has 0 radical (unpaired) electrons. The first-order chi connectivity index (χ1) is 7.29. The lowest BCUT2D eigenvalue weighted by molar-refractivity contribution is -0.135. The summed E-state index contributed by atoms with van der Waals surface area (Å²) in [5.74, 6) is 0.188. The second-order valence-corrected chi connectivity index (χ2v) is 5.33. The highest BCUT2D eigenvalue weighted by atomic mass is 16.2. The van der Waals surface area contributed by atoms with Gasteiger partial charge in [0.2, 0.25) is 5.91 Å². The zero-order valence-corrected chi connectivity index (χ0v) is 11.1. The van der Waals surface area contributed by atoms with Gasteiger partial charge in [0, 0.05) is 24.5 Å². The fourth-order valence-corrected chi connectivity index (χ4v) is 1.59. The minimum absolute atomic E-state index is 0.139. The van der Waals surface area contributed by atoms with E-state index in [-0.39, 0.29) is 17.5 Å². The van der Waals surface area contributed by atoms with Crippen molar-refractivity contribution in [1.82, 2.24) is 4.90 Å². The molecule has 3 heteroatoms. The standard InChI is InChI=1S/C13H26N2O/c1-6-10-15(13(3,4)5)12(16)9-7-8-11(2)14/h6,11H,1,7-10,14H2,2-5H3. The summed E-state index contributed by atoms with van der Waals surface area (Å²) in [5, 5.41) is 0. The Morgan fingerprint density at radius 2 is 2.06 bits per heavy atom. The molecule has 0 rings (SSSR count). The third-order valence-corrected chi connectivity index (χ3v) is 2.47. The van der Waals surface area contributed by atoms with Crippen LogP contribution in [0.15, 0.2) is 12.7 Å². The lowest BCUT2D eigenvalue weighted by Crippen LogP contribution is -2.45. The molecule has 3 nitrogen and oxygen atoms in total. The second kappa shape index (κ2) is 6.69. The van der Waals surface area contributed by atoms with Gasteiger partial charge in [0.15, 0.2) is 0 Å². The van der Waals surface area contributed by atoms with Crippen LogP contribution in [0.3, 0.4) is 0 Å². The maximum atomic E-state index is 12.0. The molecule has 0 aromatic rings. The lowest BCUT2D eigenvalue weighted by Gasteiger charge is -2.35. The first-order valence-electron chi connectivity index (χ1n) is 5.96. The van der Waals surface area contributed by atoms with Crippen molar-refractivity contribution in [3.8, 4) is 0 Å². The minimum atomic E-state index is -0.139. The smallest absolute Gasteiger partial charge is 0.223 e. The average Bonchev–Trinajstić information content (AvgIpc) is 2.11. The van der Waals surface area contributed by atoms with Crippen LogP contribution in [0.1, 0.15) is 47.0 Å². The van der Waals surface area contributed by atoms with E-state index in [2.05, 4.69) is 6.58 Å². The van der Waals surface area contributed by atoms with Gasteiger partial charge >= 0.3 is 0 Å². The Kier molecular flexibility index (Phi) is 6.34. The van der Waals surface area contributed by atoms with E-state index >= 15 is 0 Å². The van der Waals surface area contributed by atoms with Crippen LogP contribution in [-0.2, 0) is 4.79 Å². The molecule has 1 amide bonds. The molecule has 0 heterocycles. The van der Waals surface area contributed by atoms with Crippen LogP contribution in [0.25, 0.3) is 0 Å². The first kappa shape index (κ1) is 15.2. The zero-order valence-electron chi connectivity index (χ0n) is 11.1. The molecular weight excluding hydrogens is 200 g/mol. The monoisotopic (exact) mass is 226 g/mol. The first-order valence-corrected chi connectivity index (χ1v) is 5.96. The van der Waals surface area contributed by atoms with Crippen LogP contribution in [0.2, 0.25) is 0 Å². The van der Waals surface area contributed by atoms with E-state index in [1.165, 1.54) is 0 Å². The predicted molar refractivity (Wildman–Crippen MR) is 69.2 cm³/mol. The van der Waals surface area contributed by atoms with Crippen LogP contribution in [0.5, 0.6) is 0 Å². The molecule has 1 unspecified atom stereocenters. The summed E-state index contributed by atoms with van der Waals surface area (Å²) in [5.41, 5.74) is 5.52. The summed E-state index contributed by atoms with van der Waals surface area (Å²) in [7, 11) is 0. The van der Waals surface area contributed by atoms with Crippen molar-refractivity contribution in [3.05, 3.63) is 12.7 Å². The largest absolute Gasteiger partial charge is 0.334 e. The number of carbonyl (C=O) groups is 1. The van der Waals surface area contributed by atoms with E-state index in [1.54, 1.807) is 6.08 Å². The van der Waals surface area contributed by atoms with Crippen molar-refractivity contribution in [2.24, 2.45) is 5.73 Å². The van der Waals surface area contributed by atoms with E-state index in [4.69, 9.17) is 5.73 Å². The van der Waals surface area contributed by atoms with E-state index in [0.717, 1.165) is 12.8 Å². The topological polar surface area (TPSA) is 46.3 Å². The van der Waals surface area contributed by atoms with Gasteiger partial charge in [-0.2, -0.15) is 0 Å². The fourth-order valence-electron chi connectivity index (χ4n) is 1.59. The zero-order chi connectivity index (χ0) is 12.8. The molecule has 0 aliphatic rings. The predicted octanol–water partition coefficient (Wildman–Crippen LogP) is 2.32. The summed E-state index contributed by atoms with van der Waals surface area (Å²) in [6, 6.07) is 0.176. The summed E-state index contributed by atoms with van der Waals surface area (Å²) in [4.78, 5) is 13.9. The number of hydrogen-bond donors (Lipinski definition) is 1. The van der Waals surface area contributed by atoms with Crippen LogP contribution < -0.4 is 5.73 Å². The number of amides is 1. The molecule has 0 aliphatic heterocycles. The quantitative estimate of drug-likeness (QED) is 0.706. The lowest BCUT2D eigenvalue weighted by atomic mass is 10.0. The van der Waals surface area contributed by atoms with Gasteiger partial charge in [-0.25, -0.2) is 0 Å². The van der Waals surface area contributed by atoms with Crippen molar-refractivity contribution in [3.63, 3.8) is 0 Å². The van der Waals surface area contributed by atoms with Crippen LogP contribution in [0, 0.1) is 0 Å². The molecule has 16 heavy (non-hydrogen) atoms. The van der Waals surface area contributed by atoms with E-state index in [9.17, 15) is 4.79 Å². The van der Waals surface area contributed by atoms with Crippen LogP contribution in [-0.4, -0.2) is 28.9 Å². The molecule has 0 aliphatic carbocycles. The van der Waals surface area contributed by atoms with Gasteiger partial charge in [0.05, 0.1) is 0 Å². The molecule has 1 atom stereocenters. The normalized spacial score (nSPS) is 13.3. The highest BCUT2D eigenvalue weighted by Gasteiger charge is 2.24. The highest BCUT2D eigenvalue weighted by Crippen LogP contribution is 2.15. The Hall–Kier alpha value is -0.830. The molecule has 0 aromatic carbocycles. The Labute approximate surface area is 99.7 Å². The Bertz CT molecular complexity index is 229. The second-order valence-electron chi connectivity index (χ2n) is 5.33. The molecule has 2 N–H and O–H groups in total. The number of hydrogen-bond acceptors (Lipinski definition) is 2. The van der Waals surface area contributed by atoms with Crippen LogP contribution >= 0.6 is 0 Å². The van der Waals surface area contributed by atoms with Crippen molar-refractivity contribution < 1.29 is 4.79 Å². The van der Waals surface area contributed by atoms with Crippen molar-refractivity contribution in [1.29, 1.82) is 0 Å². The third kappa shape index (κ3) is 5.91. The van der Waals surface area contributed by atoms with Gasteiger partial charge in [-0.3, -0.25) is 4.79 Å². The van der Waals surface area contributed by atoms with Gasteiger partial charge in [0.1, 0.15) is 0 Å². The van der Waals surface area contributed by atoms with E-state index < -0.39 is 0 Å². The Morgan fingerprint density at radius 3 is 2.44 bits per heavy atom. The maximum Gasteiger partial charge on any atom is 0.223 e. The number of carbonyl (C=O) groups excluding carboxylic acids is 1. The molecule has 0 spiro atoms. The summed E-state index contributed by atoms with van der Waals surface area (Å²) >= 11 is 0. The van der Waals surface area contributed by atoms with Crippen molar-refractivity contribution in [2.75, 3.05) is 6.54 Å². The van der Waals surface area contributed by atoms with Crippen molar-refractivity contribution >= 4 is 5.91 Å². The molecule has 0 saturated carbocycles. The Morgan fingerprint density at radius 1 is 1.50 bits per heavy atom. The van der Waals surface area contributed by atoms with E-state index in [0.29, 0.717) is 13.0 Å². The highest BCUT2D eigenvalue weighted by molar-refractivity contribution is 5.77. The summed E-state index contributed by atoms with van der Waals surface area (Å²) in [6.45, 7) is 12.4. The molecule has 0 bridgehead atoms. The molecule has 94 valence electrons. The number of nitrogens with two attached hydrogens (primary N) is 1. The Balaban J connectivity index is 4.23. The third-order valence-electron chi connectivity index (χ3n) is 2.47. The summed E-state index contributed by atoms with van der Waals surface area (Å²) < 4.78 is 0. The molecule has 0 aromatic heterocycles. The van der Waals surface area contributed by atoms with Crippen LogP contribution in [0.4, 0.5) is 0 Å². The number of nitrogens with zero attached hydrogens (tertiary/aromatic N) is 1. The van der Waals surface area contributed by atoms with E-state index in [1.807, 2.05) is 32.6 Å². The summed E-state index contributed by atoms with van der Waals surface area (Å²) in [6.07, 6.45) is 4.11. The molecular formula is C13H26N2O. The average molecular weight is 226 g/mol. The van der Waals surface area contributed by atoms with Gasteiger partial charge < -0.3 is 10.6 Å². The minimum Gasteiger partial charge on any atom is -0.334 e. The molecule has 0 saturated heterocycles. The van der Waals surface area contributed by atoms with Gasteiger partial charge in [0.25, 0.3) is 0 Å². The van der Waals surface area contributed by atoms with Gasteiger partial charge in [-0.15, -0.1) is 6.58 Å². The fraction of sp³-hybridized carbons (Fsp3) is 0.769.